The summed E-state index contributed by atoms with van der Waals surface area (Å²) < 4.78 is 0. The molecule has 2 aliphatic rings. The van der Waals surface area contributed by atoms with Gasteiger partial charge in [-0.25, -0.2) is 0 Å². The second kappa shape index (κ2) is 6.95. The Hall–Kier alpha value is -1.84. The molecule has 4 nitrogen and oxygen atoms in total. The van der Waals surface area contributed by atoms with E-state index in [1.807, 2.05) is 23.1 Å². The van der Waals surface area contributed by atoms with Gasteiger partial charge in [0.05, 0.1) is 12.6 Å². The predicted octanol–water partition coefficient (Wildman–Crippen LogP) is 2.75. The minimum Gasteiger partial charge on any atom is -0.334 e. The van der Waals surface area contributed by atoms with Crippen molar-refractivity contribution in [1.82, 2.24) is 9.80 Å². The number of carbonyl (C=O) groups excluding carboxylic acids is 2. The van der Waals surface area contributed by atoms with Gasteiger partial charge >= 0.3 is 0 Å². The topological polar surface area (TPSA) is 40.6 Å². The highest BCUT2D eigenvalue weighted by Gasteiger charge is 2.30. The number of likely N-dealkylation sites (tertiary alicyclic amines) is 2. The molecule has 2 aliphatic heterocycles. The van der Waals surface area contributed by atoms with Crippen molar-refractivity contribution >= 4 is 11.8 Å². The summed E-state index contributed by atoms with van der Waals surface area (Å²) >= 11 is 0. The molecule has 1 aromatic carbocycles. The largest absolute Gasteiger partial charge is 0.334 e. The van der Waals surface area contributed by atoms with Crippen LogP contribution in [0.25, 0.3) is 0 Å². The first-order chi connectivity index (χ1) is 10.8. The van der Waals surface area contributed by atoms with E-state index in [-0.39, 0.29) is 24.4 Å². The lowest BCUT2D eigenvalue weighted by molar-refractivity contribution is -0.144. The number of nitrogens with zero attached hydrogens (tertiary/aromatic N) is 2. The van der Waals surface area contributed by atoms with E-state index in [0.29, 0.717) is 6.42 Å². The van der Waals surface area contributed by atoms with E-state index in [1.165, 1.54) is 5.56 Å². The van der Waals surface area contributed by atoms with Crippen molar-refractivity contribution in [1.29, 1.82) is 0 Å². The summed E-state index contributed by atoms with van der Waals surface area (Å²) in [6, 6.07) is 10.4. The standard InChI is InChI=1S/C18H24N2O2/c21-17-11-5-6-12-19(17)14-18(22)20-13-7-4-10-16(20)15-8-2-1-3-9-15/h1-3,8-9,16H,4-7,10-14H2/t16-/m1/s1. The van der Waals surface area contributed by atoms with Crippen LogP contribution in [0.5, 0.6) is 0 Å². The fourth-order valence-electron chi connectivity index (χ4n) is 3.53. The van der Waals surface area contributed by atoms with E-state index in [2.05, 4.69) is 12.1 Å². The van der Waals surface area contributed by atoms with Crippen LogP contribution >= 0.6 is 0 Å². The summed E-state index contributed by atoms with van der Waals surface area (Å²) in [5.74, 6) is 0.233. The van der Waals surface area contributed by atoms with Gasteiger partial charge < -0.3 is 9.80 Å². The van der Waals surface area contributed by atoms with Gasteiger partial charge in [-0.15, -0.1) is 0 Å². The van der Waals surface area contributed by atoms with Crippen molar-refractivity contribution in [3.05, 3.63) is 35.9 Å². The lowest BCUT2D eigenvalue weighted by atomic mass is 9.95. The molecule has 118 valence electrons. The number of amides is 2. The number of piperidine rings is 2. The van der Waals surface area contributed by atoms with Crippen LogP contribution in [0, 0.1) is 0 Å². The minimum absolute atomic E-state index is 0.101. The lowest BCUT2D eigenvalue weighted by Gasteiger charge is -2.38. The second-order valence-corrected chi connectivity index (χ2v) is 6.28. The summed E-state index contributed by atoms with van der Waals surface area (Å²) in [5.41, 5.74) is 1.21. The smallest absolute Gasteiger partial charge is 0.242 e. The average Bonchev–Trinajstić information content (AvgIpc) is 2.58. The van der Waals surface area contributed by atoms with Crippen molar-refractivity contribution in [2.75, 3.05) is 19.6 Å². The van der Waals surface area contributed by atoms with Crippen molar-refractivity contribution in [3.63, 3.8) is 0 Å². The third-order valence-electron chi connectivity index (χ3n) is 4.75. The molecule has 0 unspecified atom stereocenters. The second-order valence-electron chi connectivity index (χ2n) is 6.28. The molecule has 0 aliphatic carbocycles. The Balaban J connectivity index is 1.70. The van der Waals surface area contributed by atoms with Crippen LogP contribution in [0.15, 0.2) is 30.3 Å². The van der Waals surface area contributed by atoms with Gasteiger partial charge in [0, 0.05) is 19.5 Å². The van der Waals surface area contributed by atoms with E-state index in [4.69, 9.17) is 0 Å². The van der Waals surface area contributed by atoms with Crippen LogP contribution < -0.4 is 0 Å². The Kier molecular flexibility index (Phi) is 4.76. The molecule has 0 radical (unpaired) electrons. The molecule has 2 amide bonds. The third kappa shape index (κ3) is 3.32. The molecule has 0 spiro atoms. The maximum absolute atomic E-state index is 12.7. The van der Waals surface area contributed by atoms with Gasteiger partial charge in [0.1, 0.15) is 0 Å². The highest BCUT2D eigenvalue weighted by atomic mass is 16.2. The van der Waals surface area contributed by atoms with Crippen LogP contribution in [0.3, 0.4) is 0 Å². The van der Waals surface area contributed by atoms with Crippen LogP contribution in [-0.2, 0) is 9.59 Å². The van der Waals surface area contributed by atoms with E-state index in [9.17, 15) is 9.59 Å². The number of hydrogen-bond acceptors (Lipinski definition) is 2. The first-order valence-corrected chi connectivity index (χ1v) is 8.38. The van der Waals surface area contributed by atoms with Crippen LogP contribution in [0.2, 0.25) is 0 Å². The Labute approximate surface area is 132 Å². The molecular formula is C18H24N2O2. The van der Waals surface area contributed by atoms with E-state index >= 15 is 0 Å². The molecule has 0 aromatic heterocycles. The molecule has 0 saturated carbocycles. The van der Waals surface area contributed by atoms with E-state index < -0.39 is 0 Å². The van der Waals surface area contributed by atoms with Gasteiger partial charge in [0.25, 0.3) is 0 Å². The van der Waals surface area contributed by atoms with Crippen molar-refractivity contribution in [3.8, 4) is 0 Å². The Bertz CT molecular complexity index is 529. The van der Waals surface area contributed by atoms with Gasteiger partial charge in [-0.1, -0.05) is 30.3 Å². The zero-order chi connectivity index (χ0) is 15.4. The Morgan fingerprint density at radius 2 is 1.82 bits per heavy atom. The van der Waals surface area contributed by atoms with Crippen molar-refractivity contribution < 1.29 is 9.59 Å². The van der Waals surface area contributed by atoms with Crippen molar-refractivity contribution in [2.24, 2.45) is 0 Å². The molecule has 1 aromatic rings. The third-order valence-corrected chi connectivity index (χ3v) is 4.75. The summed E-state index contributed by atoms with van der Waals surface area (Å²) in [6.45, 7) is 1.79. The van der Waals surface area contributed by atoms with Gasteiger partial charge in [-0.05, 0) is 37.7 Å². The summed E-state index contributed by atoms with van der Waals surface area (Å²) in [5, 5.41) is 0. The zero-order valence-electron chi connectivity index (χ0n) is 13.0. The normalized spacial score (nSPS) is 22.7. The molecule has 22 heavy (non-hydrogen) atoms. The number of carbonyl (C=O) groups is 2. The molecule has 0 bridgehead atoms. The Morgan fingerprint density at radius 1 is 1.05 bits per heavy atom. The molecule has 4 heteroatoms. The molecule has 2 fully saturated rings. The summed E-state index contributed by atoms with van der Waals surface area (Å²) in [4.78, 5) is 28.4. The number of rotatable bonds is 3. The summed E-state index contributed by atoms with van der Waals surface area (Å²) in [6.07, 6.45) is 5.80. The number of benzene rings is 1. The maximum Gasteiger partial charge on any atom is 0.242 e. The van der Waals surface area contributed by atoms with Gasteiger partial charge in [0.15, 0.2) is 0 Å². The number of hydrogen-bond donors (Lipinski definition) is 0. The first-order valence-electron chi connectivity index (χ1n) is 8.38. The van der Waals surface area contributed by atoms with Gasteiger partial charge in [-0.2, -0.15) is 0 Å². The Morgan fingerprint density at radius 3 is 2.59 bits per heavy atom. The van der Waals surface area contributed by atoms with E-state index in [0.717, 1.165) is 45.2 Å². The monoisotopic (exact) mass is 300 g/mol. The van der Waals surface area contributed by atoms with Crippen LogP contribution in [-0.4, -0.2) is 41.2 Å². The maximum atomic E-state index is 12.7. The summed E-state index contributed by atoms with van der Waals surface area (Å²) in [7, 11) is 0. The molecule has 1 atom stereocenters. The molecule has 2 heterocycles. The molecule has 2 saturated heterocycles. The van der Waals surface area contributed by atoms with Gasteiger partial charge in [0.2, 0.25) is 11.8 Å². The first kappa shape index (κ1) is 15.1. The highest BCUT2D eigenvalue weighted by molar-refractivity contribution is 5.85. The fraction of sp³-hybridized carbons (Fsp3) is 0.556. The molecule has 0 N–H and O–H groups in total. The van der Waals surface area contributed by atoms with E-state index in [1.54, 1.807) is 4.90 Å². The SMILES string of the molecule is O=C1CCCCN1CC(=O)N1CCCC[C@@H]1c1ccccc1. The quantitative estimate of drug-likeness (QED) is 0.861. The molecule has 3 rings (SSSR count). The fourth-order valence-corrected chi connectivity index (χ4v) is 3.53. The molecular weight excluding hydrogens is 276 g/mol. The minimum atomic E-state index is 0.101. The average molecular weight is 300 g/mol. The lowest BCUT2D eigenvalue weighted by Crippen LogP contribution is -2.47. The van der Waals surface area contributed by atoms with Crippen molar-refractivity contribution in [2.45, 2.75) is 44.6 Å². The highest BCUT2D eigenvalue weighted by Crippen LogP contribution is 2.31. The van der Waals surface area contributed by atoms with Gasteiger partial charge in [-0.3, -0.25) is 9.59 Å². The van der Waals surface area contributed by atoms with Crippen LogP contribution in [0.4, 0.5) is 0 Å². The zero-order valence-corrected chi connectivity index (χ0v) is 13.0. The van der Waals surface area contributed by atoms with Crippen LogP contribution in [0.1, 0.15) is 50.1 Å². The predicted molar refractivity (Wildman–Crippen MR) is 85.2 cm³/mol.